The molecule has 1 aliphatic carbocycles. The van der Waals surface area contributed by atoms with Gasteiger partial charge in [-0.1, -0.05) is 43.5 Å². The largest absolute Gasteiger partial charge is 0.337 e. The van der Waals surface area contributed by atoms with E-state index < -0.39 is 0 Å². The predicted molar refractivity (Wildman–Crippen MR) is 137 cm³/mol. The van der Waals surface area contributed by atoms with Crippen molar-refractivity contribution in [2.45, 2.75) is 83.6 Å². The van der Waals surface area contributed by atoms with Gasteiger partial charge in [0.2, 0.25) is 5.91 Å². The monoisotopic (exact) mass is 463 g/mol. The molecule has 0 saturated heterocycles. The quantitative estimate of drug-likeness (QED) is 0.445. The summed E-state index contributed by atoms with van der Waals surface area (Å²) in [4.78, 5) is 19.3. The number of pyridine rings is 1. The molecule has 3 N–H and O–H groups in total. The smallest absolute Gasteiger partial charge is 0.239 e. The minimum absolute atomic E-state index is 0.161. The second kappa shape index (κ2) is 13.0. The summed E-state index contributed by atoms with van der Waals surface area (Å²) >= 11 is 0. The third-order valence-corrected chi connectivity index (χ3v) is 7.18. The van der Waals surface area contributed by atoms with Crippen LogP contribution in [0, 0.1) is 0 Å². The van der Waals surface area contributed by atoms with E-state index >= 15 is 0 Å². The van der Waals surface area contributed by atoms with Crippen LogP contribution in [0.1, 0.15) is 67.8 Å². The van der Waals surface area contributed by atoms with Crippen LogP contribution in [0.25, 0.3) is 0 Å². The van der Waals surface area contributed by atoms with Crippen molar-refractivity contribution < 1.29 is 4.79 Å². The lowest BCUT2D eigenvalue weighted by Gasteiger charge is -2.31. The average molecular weight is 464 g/mol. The van der Waals surface area contributed by atoms with Crippen molar-refractivity contribution >= 4 is 5.91 Å². The Bertz CT molecular complexity index is 897. The van der Waals surface area contributed by atoms with Crippen LogP contribution in [-0.4, -0.2) is 47.5 Å². The Balaban J connectivity index is 1.16. The molecule has 2 aliphatic rings. The Morgan fingerprint density at radius 3 is 2.79 bits per heavy atom. The molecule has 1 aliphatic heterocycles. The summed E-state index contributed by atoms with van der Waals surface area (Å²) in [6, 6.07) is 13.1. The summed E-state index contributed by atoms with van der Waals surface area (Å²) in [6.07, 6.45) is 10.8. The first-order chi connectivity index (χ1) is 16.7. The molecule has 6 heteroatoms. The Morgan fingerprint density at radius 1 is 1.09 bits per heavy atom. The van der Waals surface area contributed by atoms with Crippen LogP contribution < -0.4 is 16.0 Å². The average Bonchev–Trinajstić information content (AvgIpc) is 2.89. The van der Waals surface area contributed by atoms with Crippen molar-refractivity contribution in [2.75, 3.05) is 19.6 Å². The first-order valence-electron chi connectivity index (χ1n) is 13.2. The molecular weight excluding hydrogens is 422 g/mol. The molecule has 0 spiro atoms. The van der Waals surface area contributed by atoms with Crippen molar-refractivity contribution in [1.29, 1.82) is 0 Å². The Kier molecular flexibility index (Phi) is 9.48. The third-order valence-electron chi connectivity index (χ3n) is 7.18. The second-order valence-corrected chi connectivity index (χ2v) is 9.86. The fraction of sp³-hybridized carbons (Fsp3) is 0.571. The lowest BCUT2D eigenvalue weighted by Crippen LogP contribution is -2.46. The molecule has 6 nitrogen and oxygen atoms in total. The SMILES string of the molecule is C[C@H](NCc1ccccn1)C(=O)N1CCc2cc(CNCCCNC3CCCCC3)ccc2C1. The second-order valence-electron chi connectivity index (χ2n) is 9.86. The van der Waals surface area contributed by atoms with Crippen LogP contribution in [0.2, 0.25) is 0 Å². The zero-order valence-electron chi connectivity index (χ0n) is 20.7. The summed E-state index contributed by atoms with van der Waals surface area (Å²) in [5, 5.41) is 10.6. The van der Waals surface area contributed by atoms with Crippen molar-refractivity contribution in [3.63, 3.8) is 0 Å². The van der Waals surface area contributed by atoms with E-state index in [-0.39, 0.29) is 11.9 Å². The van der Waals surface area contributed by atoms with Gasteiger partial charge < -0.3 is 20.9 Å². The van der Waals surface area contributed by atoms with Gasteiger partial charge in [0.15, 0.2) is 0 Å². The van der Waals surface area contributed by atoms with Crippen molar-refractivity contribution in [2.24, 2.45) is 0 Å². The Labute approximate surface area is 204 Å². The Hall–Kier alpha value is -2.28. The molecule has 4 rings (SSSR count). The molecule has 184 valence electrons. The summed E-state index contributed by atoms with van der Waals surface area (Å²) in [5.74, 6) is 0.161. The molecule has 1 aromatic heterocycles. The highest BCUT2D eigenvalue weighted by Crippen LogP contribution is 2.21. The Morgan fingerprint density at radius 2 is 1.97 bits per heavy atom. The molecule has 1 saturated carbocycles. The fourth-order valence-electron chi connectivity index (χ4n) is 5.08. The van der Waals surface area contributed by atoms with E-state index in [4.69, 9.17) is 0 Å². The molecular formula is C28H41N5O. The number of hydrogen-bond acceptors (Lipinski definition) is 5. The van der Waals surface area contributed by atoms with Gasteiger partial charge in [-0.3, -0.25) is 9.78 Å². The van der Waals surface area contributed by atoms with Crippen LogP contribution in [-0.2, 0) is 30.8 Å². The molecule has 0 bridgehead atoms. The standard InChI is InChI=1S/C28H41N5O/c1-22(32-20-27-10-5-6-15-31-27)28(34)33-17-13-24-18-23(11-12-25(24)21-33)19-29-14-7-16-30-26-8-3-2-4-9-26/h5-6,10-12,15,18,22,26,29-30,32H,2-4,7-9,13-14,16-17,19-21H2,1H3/t22-/m0/s1. The fourth-order valence-corrected chi connectivity index (χ4v) is 5.08. The zero-order valence-corrected chi connectivity index (χ0v) is 20.7. The van der Waals surface area contributed by atoms with E-state index in [9.17, 15) is 4.79 Å². The minimum Gasteiger partial charge on any atom is -0.337 e. The van der Waals surface area contributed by atoms with E-state index in [2.05, 4.69) is 39.1 Å². The number of carbonyl (C=O) groups excluding carboxylic acids is 1. The van der Waals surface area contributed by atoms with Gasteiger partial charge in [-0.05, 0) is 74.5 Å². The summed E-state index contributed by atoms with van der Waals surface area (Å²) in [6.45, 7) is 7.10. The highest BCUT2D eigenvalue weighted by molar-refractivity contribution is 5.81. The first kappa shape index (κ1) is 24.8. The van der Waals surface area contributed by atoms with E-state index in [0.717, 1.165) is 44.3 Å². The zero-order chi connectivity index (χ0) is 23.6. The molecule has 2 aromatic rings. The van der Waals surface area contributed by atoms with Crippen LogP contribution in [0.4, 0.5) is 0 Å². The summed E-state index contributed by atoms with van der Waals surface area (Å²) in [7, 11) is 0. The van der Waals surface area contributed by atoms with Crippen LogP contribution in [0.15, 0.2) is 42.6 Å². The molecule has 0 radical (unpaired) electrons. The lowest BCUT2D eigenvalue weighted by molar-refractivity contribution is -0.134. The molecule has 34 heavy (non-hydrogen) atoms. The molecule has 1 amide bonds. The van der Waals surface area contributed by atoms with Gasteiger partial charge >= 0.3 is 0 Å². The number of nitrogens with zero attached hydrogens (tertiary/aromatic N) is 2. The number of carbonyl (C=O) groups is 1. The van der Waals surface area contributed by atoms with Crippen LogP contribution in [0.5, 0.6) is 0 Å². The first-order valence-corrected chi connectivity index (χ1v) is 13.2. The summed E-state index contributed by atoms with van der Waals surface area (Å²) < 4.78 is 0. The lowest BCUT2D eigenvalue weighted by atomic mass is 9.95. The number of benzene rings is 1. The number of aromatic nitrogens is 1. The predicted octanol–water partition coefficient (Wildman–Crippen LogP) is 3.55. The van der Waals surface area contributed by atoms with Gasteiger partial charge in [0, 0.05) is 38.4 Å². The highest BCUT2D eigenvalue weighted by atomic mass is 16.2. The third kappa shape index (κ3) is 7.36. The number of amides is 1. The molecule has 1 fully saturated rings. The van der Waals surface area contributed by atoms with Gasteiger partial charge in [-0.15, -0.1) is 0 Å². The van der Waals surface area contributed by atoms with Gasteiger partial charge in [0.1, 0.15) is 0 Å². The number of rotatable bonds is 11. The summed E-state index contributed by atoms with van der Waals surface area (Å²) in [5.41, 5.74) is 4.95. The van der Waals surface area contributed by atoms with Crippen molar-refractivity contribution in [1.82, 2.24) is 25.8 Å². The van der Waals surface area contributed by atoms with E-state index in [1.165, 1.54) is 55.2 Å². The van der Waals surface area contributed by atoms with Crippen molar-refractivity contribution in [3.05, 3.63) is 65.0 Å². The minimum atomic E-state index is -0.223. The molecule has 2 heterocycles. The maximum atomic E-state index is 13.0. The molecule has 1 atom stereocenters. The number of nitrogens with one attached hydrogen (secondary N) is 3. The van der Waals surface area contributed by atoms with Gasteiger partial charge in [-0.2, -0.15) is 0 Å². The van der Waals surface area contributed by atoms with E-state index in [1.807, 2.05) is 30.0 Å². The highest BCUT2D eigenvalue weighted by Gasteiger charge is 2.24. The van der Waals surface area contributed by atoms with Crippen molar-refractivity contribution in [3.8, 4) is 0 Å². The number of hydrogen-bond donors (Lipinski definition) is 3. The van der Waals surface area contributed by atoms with E-state index in [0.29, 0.717) is 13.1 Å². The maximum absolute atomic E-state index is 13.0. The normalized spacial score (nSPS) is 17.4. The van der Waals surface area contributed by atoms with Crippen LogP contribution >= 0.6 is 0 Å². The van der Waals surface area contributed by atoms with Gasteiger partial charge in [-0.25, -0.2) is 0 Å². The van der Waals surface area contributed by atoms with Crippen LogP contribution in [0.3, 0.4) is 0 Å². The van der Waals surface area contributed by atoms with E-state index in [1.54, 1.807) is 6.20 Å². The van der Waals surface area contributed by atoms with Gasteiger partial charge in [0.05, 0.1) is 11.7 Å². The maximum Gasteiger partial charge on any atom is 0.239 e. The molecule has 1 aromatic carbocycles. The molecule has 0 unspecified atom stereocenters. The van der Waals surface area contributed by atoms with Gasteiger partial charge in [0.25, 0.3) is 0 Å². The number of fused-ring (bicyclic) bond motifs is 1. The topological polar surface area (TPSA) is 69.3 Å².